The topological polar surface area (TPSA) is 0 Å². The second-order valence-corrected chi connectivity index (χ2v) is 25.6. The van der Waals surface area contributed by atoms with E-state index in [0.717, 1.165) is 19.3 Å². The molecule has 0 atom stereocenters. The van der Waals surface area contributed by atoms with Crippen molar-refractivity contribution < 1.29 is 58.9 Å². The van der Waals surface area contributed by atoms with Gasteiger partial charge in [-0.3, -0.25) is 6.08 Å². The van der Waals surface area contributed by atoms with Gasteiger partial charge in [0.2, 0.25) is 0 Å². The minimum Gasteiger partial charge on any atom is -1.00 e. The molecule has 0 unspecified atom stereocenters. The Kier molecular flexibility index (Phi) is 18.1. The molecule has 0 spiro atoms. The largest absolute Gasteiger partial charge is 4.00 e. The van der Waals surface area contributed by atoms with Gasteiger partial charge in [-0.2, -0.15) is 11.3 Å². The first-order valence-electron chi connectivity index (χ1n) is 19.8. The number of benzene rings is 3. The Bertz CT molecular complexity index is 1540. The summed E-state index contributed by atoms with van der Waals surface area (Å²) in [6.45, 7) is 45.4. The molecule has 0 heterocycles. The van der Waals surface area contributed by atoms with E-state index in [1.165, 1.54) is 54.5 Å². The quantitative estimate of drug-likeness (QED) is 0.203. The minimum atomic E-state index is -2.99. The van der Waals surface area contributed by atoms with E-state index in [1.54, 1.807) is 5.20 Å². The molecule has 3 aromatic carbocycles. The molecule has 3 aromatic rings. The maximum Gasteiger partial charge on any atom is 4.00 e. The zero-order valence-electron chi connectivity index (χ0n) is 38.0. The zero-order valence-corrected chi connectivity index (χ0v) is 42.9. The molecule has 0 radical (unpaired) electrons. The van der Waals surface area contributed by atoms with Gasteiger partial charge in [0.25, 0.3) is 0 Å². The van der Waals surface area contributed by atoms with E-state index >= 15 is 0 Å². The van der Waals surface area contributed by atoms with Crippen molar-refractivity contribution in [2.45, 2.75) is 183 Å². The van der Waals surface area contributed by atoms with Gasteiger partial charge in [-0.15, -0.1) is 6.42 Å². The van der Waals surface area contributed by atoms with E-state index in [9.17, 15) is 0 Å². The predicted molar refractivity (Wildman–Crippen MR) is 231 cm³/mol. The van der Waals surface area contributed by atoms with Crippen molar-refractivity contribution in [2.75, 3.05) is 0 Å². The van der Waals surface area contributed by atoms with Crippen LogP contribution in [0.15, 0.2) is 71.4 Å². The molecule has 4 rings (SSSR count). The van der Waals surface area contributed by atoms with E-state index in [1.807, 2.05) is 0 Å². The number of hydrogen-bond acceptors (Lipinski definition) is 0. The summed E-state index contributed by atoms with van der Waals surface area (Å²) >= 11 is 0. The van der Waals surface area contributed by atoms with Gasteiger partial charge in [-0.05, 0) is 65.9 Å². The van der Waals surface area contributed by atoms with Gasteiger partial charge in [-0.1, -0.05) is 215 Å². The first kappa shape index (κ1) is 53.9. The van der Waals surface area contributed by atoms with Crippen LogP contribution in [0.1, 0.15) is 184 Å². The third-order valence-corrected chi connectivity index (χ3v) is 15.9. The van der Waals surface area contributed by atoms with Crippen LogP contribution in [0.3, 0.4) is 0 Å². The molecule has 1 aliphatic carbocycles. The summed E-state index contributed by atoms with van der Waals surface area (Å²) in [5.74, 6) is 0. The second-order valence-electron chi connectivity index (χ2n) is 21.9. The zero-order chi connectivity index (χ0) is 38.8. The minimum absolute atomic E-state index is 0. The van der Waals surface area contributed by atoms with Crippen LogP contribution in [-0.4, -0.2) is 8.07 Å². The summed E-state index contributed by atoms with van der Waals surface area (Å²) in [5, 5.41) is 6.10. The third-order valence-electron chi connectivity index (χ3n) is 11.1. The number of hydrogen-bond donors (Lipinski definition) is 0. The first-order chi connectivity index (χ1) is 23.0. The molecule has 1 aliphatic rings. The van der Waals surface area contributed by atoms with Crippen molar-refractivity contribution in [3.05, 3.63) is 111 Å². The van der Waals surface area contributed by atoms with Gasteiger partial charge < -0.3 is 37.2 Å². The van der Waals surface area contributed by atoms with Gasteiger partial charge in [-0.25, -0.2) is 5.57 Å². The van der Waals surface area contributed by atoms with Crippen molar-refractivity contribution in [2.24, 2.45) is 0 Å². The van der Waals surface area contributed by atoms with Crippen LogP contribution >= 0.6 is 0 Å². The maximum atomic E-state index is 3.95. The van der Waals surface area contributed by atoms with Crippen LogP contribution in [0.25, 0.3) is 0 Å². The van der Waals surface area contributed by atoms with E-state index < -0.39 is 8.07 Å². The number of rotatable bonds is 6. The van der Waals surface area contributed by atoms with Crippen molar-refractivity contribution in [1.82, 2.24) is 0 Å². The predicted octanol–water partition coefficient (Wildman–Crippen LogP) is 3.35. The van der Waals surface area contributed by atoms with Gasteiger partial charge in [0.15, 0.2) is 0 Å². The summed E-state index contributed by atoms with van der Waals surface area (Å²) in [7, 11) is -2.99. The summed E-state index contributed by atoms with van der Waals surface area (Å²) in [6, 6.07) is 23.4. The molecule has 5 heteroatoms. The molecule has 0 amide bonds. The Labute approximate surface area is 374 Å². The summed E-state index contributed by atoms with van der Waals surface area (Å²) in [5.41, 5.74) is 10.0. The summed E-state index contributed by atoms with van der Waals surface area (Å²) in [4.78, 5) is 0. The molecule has 0 saturated heterocycles. The molecule has 0 fully saturated rings. The molecule has 302 valence electrons. The van der Waals surface area contributed by atoms with E-state index in [4.69, 9.17) is 0 Å². The fourth-order valence-corrected chi connectivity index (χ4v) is 12.7. The van der Waals surface area contributed by atoms with Crippen molar-refractivity contribution in [1.29, 1.82) is 0 Å². The fourth-order valence-electron chi connectivity index (χ4n) is 7.44. The molecule has 0 N–H and O–H groups in total. The van der Waals surface area contributed by atoms with Crippen molar-refractivity contribution in [3.63, 3.8) is 0 Å². The van der Waals surface area contributed by atoms with Crippen LogP contribution in [-0.2, 0) is 54.2 Å². The molecule has 0 bridgehead atoms. The van der Waals surface area contributed by atoms with Gasteiger partial charge in [0, 0.05) is 0 Å². The normalized spacial score (nSPS) is 14.2. The average Bonchev–Trinajstić information content (AvgIpc) is 3.43. The van der Waals surface area contributed by atoms with Gasteiger partial charge in [0.1, 0.15) is 0 Å². The Morgan fingerprint density at radius 1 is 0.436 bits per heavy atom. The van der Waals surface area contributed by atoms with Crippen LogP contribution in [0.5, 0.6) is 0 Å². The van der Waals surface area contributed by atoms with Gasteiger partial charge >= 0.3 is 21.7 Å². The molecule has 0 saturated carbocycles. The molecule has 0 aromatic heterocycles. The average molecular weight is 856 g/mol. The Hall–Kier alpha value is -1.06. The van der Waals surface area contributed by atoms with Crippen LogP contribution in [0, 0.1) is 6.08 Å². The number of allylic oxidation sites excluding steroid dienone is 4. The Balaban J connectivity index is 0.00000729. The van der Waals surface area contributed by atoms with E-state index in [-0.39, 0.29) is 91.4 Å². The second kappa shape index (κ2) is 18.5. The first-order valence-corrected chi connectivity index (χ1v) is 21.8. The fraction of sp³-hybridized carbons (Fsp3) is 0.560. The monoisotopic (exact) mass is 854 g/mol. The van der Waals surface area contributed by atoms with Crippen LogP contribution < -0.4 is 52.8 Å². The maximum absolute atomic E-state index is 3.95. The molecule has 0 nitrogen and oxygen atoms in total. The summed E-state index contributed by atoms with van der Waals surface area (Å²) < 4.78 is 0. The molecule has 55 heavy (non-hydrogen) atoms. The smallest absolute Gasteiger partial charge is 1.00 e. The van der Waals surface area contributed by atoms with Crippen molar-refractivity contribution >= 4 is 23.6 Å². The molecule has 0 aliphatic heterocycles. The summed E-state index contributed by atoms with van der Waals surface area (Å²) in [6.07, 6.45) is 9.61. The SMILES string of the molecule is CCCC1=[C-]CC=C1[Si](c1cc(C(C)(C)C)cc(C(C)(C)C)c1)(c1cc(C(C)(C)C)cc(C(C)(C)C)c1)c1cc(C(C)(C)C)cc(C(C)(C)C)c1.[Cl-].[Cl-].[Cl-].[Ti+4]. The molecular formula is C50H73Cl3SiTi. The van der Waals surface area contributed by atoms with Gasteiger partial charge in [0.05, 0.1) is 8.07 Å². The van der Waals surface area contributed by atoms with Crippen molar-refractivity contribution in [3.8, 4) is 0 Å². The molecular weight excluding hydrogens is 783 g/mol. The third kappa shape index (κ3) is 11.8. The Morgan fingerprint density at radius 3 is 0.873 bits per heavy atom. The standard InChI is InChI=1S/C50H73Si.3ClH.Ti/c1-20-22-34-23-21-24-44(34)51(41-28-35(45(2,3)4)25-36(29-41)46(5,6)7,42-30-37(47(8,9)10)26-38(31-42)48(11,12)13)43-32-39(49(14,15)16)27-40(33-43)50(17,18)19;;;;/h24-33H,20-22H2,1-19H3;3*1H;/q-1;;;;+4/p-3. The van der Waals surface area contributed by atoms with Crippen LogP contribution in [0.4, 0.5) is 0 Å². The van der Waals surface area contributed by atoms with Crippen LogP contribution in [0.2, 0.25) is 0 Å². The Morgan fingerprint density at radius 2 is 0.673 bits per heavy atom. The van der Waals surface area contributed by atoms with E-state index in [2.05, 4.69) is 198 Å². The van der Waals surface area contributed by atoms with E-state index in [0.29, 0.717) is 0 Å². The number of halogens is 3.